The number of anilines is 1. The van der Waals surface area contributed by atoms with Gasteiger partial charge < -0.3 is 4.90 Å². The van der Waals surface area contributed by atoms with E-state index >= 15 is 0 Å². The molecule has 6 nitrogen and oxygen atoms in total. The van der Waals surface area contributed by atoms with E-state index in [0.29, 0.717) is 0 Å². The second kappa shape index (κ2) is 8.01. The molecular weight excluding hydrogens is 404 g/mol. The van der Waals surface area contributed by atoms with Gasteiger partial charge in [-0.2, -0.15) is 0 Å². The highest BCUT2D eigenvalue weighted by Crippen LogP contribution is 2.39. The molecule has 1 saturated heterocycles. The lowest BCUT2D eigenvalue weighted by Crippen LogP contribution is -2.46. The van der Waals surface area contributed by atoms with Gasteiger partial charge in [-0.25, -0.2) is 22.7 Å². The predicted molar refractivity (Wildman–Crippen MR) is 120 cm³/mol. The smallest absolute Gasteiger partial charge is 0.213 e. The van der Waals surface area contributed by atoms with Crippen molar-refractivity contribution in [2.45, 2.75) is 32.7 Å². The quantitative estimate of drug-likeness (QED) is 0.614. The molecule has 3 aromatic rings. The maximum absolute atomic E-state index is 12.2. The van der Waals surface area contributed by atoms with Crippen LogP contribution < -0.4 is 4.90 Å². The number of thiophene rings is 1. The average Bonchev–Trinajstić information content (AvgIpc) is 3.17. The van der Waals surface area contributed by atoms with E-state index in [-0.39, 0.29) is 11.8 Å². The van der Waals surface area contributed by atoms with Crippen molar-refractivity contribution in [2.24, 2.45) is 0 Å². The lowest BCUT2D eigenvalue weighted by molar-refractivity contribution is 0.312. The second-order valence-electron chi connectivity index (χ2n) is 7.42. The molecule has 8 heteroatoms. The Morgan fingerprint density at radius 1 is 1.17 bits per heavy atom. The van der Waals surface area contributed by atoms with Crippen LogP contribution in [0.25, 0.3) is 21.3 Å². The zero-order valence-electron chi connectivity index (χ0n) is 17.0. The number of sulfonamides is 1. The fraction of sp³-hybridized carbons (Fsp3) is 0.429. The third-order valence-electron chi connectivity index (χ3n) is 5.69. The highest BCUT2D eigenvalue weighted by Gasteiger charge is 2.30. The molecule has 1 fully saturated rings. The first-order chi connectivity index (χ1) is 13.9. The lowest BCUT2D eigenvalue weighted by Gasteiger charge is -2.37. The molecule has 0 aliphatic carbocycles. The Balaban J connectivity index is 1.66. The Bertz CT molecular complexity index is 1100. The van der Waals surface area contributed by atoms with Crippen molar-refractivity contribution in [3.05, 3.63) is 41.5 Å². The Morgan fingerprint density at radius 3 is 2.52 bits per heavy atom. The summed E-state index contributed by atoms with van der Waals surface area (Å²) >= 11 is 1.65. The van der Waals surface area contributed by atoms with Gasteiger partial charge in [0.2, 0.25) is 10.0 Å². The number of aromatic nitrogens is 2. The van der Waals surface area contributed by atoms with Crippen LogP contribution in [-0.4, -0.2) is 54.6 Å². The zero-order chi connectivity index (χ0) is 20.6. The van der Waals surface area contributed by atoms with Gasteiger partial charge in [0.25, 0.3) is 0 Å². The minimum Gasteiger partial charge on any atom is -0.356 e. The van der Waals surface area contributed by atoms with Crippen molar-refractivity contribution in [2.75, 3.05) is 30.8 Å². The third-order valence-corrected chi connectivity index (χ3v) is 8.47. The van der Waals surface area contributed by atoms with E-state index in [1.165, 1.54) is 0 Å². The summed E-state index contributed by atoms with van der Waals surface area (Å²) in [6, 6.07) is 10.4. The summed E-state index contributed by atoms with van der Waals surface area (Å²) in [6.07, 6.45) is 1.59. The first kappa shape index (κ1) is 20.3. The number of aryl methyl sites for hydroxylation is 1. The molecule has 0 atom stereocenters. The van der Waals surface area contributed by atoms with Gasteiger partial charge in [0.15, 0.2) is 0 Å². The molecule has 0 radical (unpaired) electrons. The van der Waals surface area contributed by atoms with Gasteiger partial charge >= 0.3 is 0 Å². The molecule has 29 heavy (non-hydrogen) atoms. The van der Waals surface area contributed by atoms with Crippen molar-refractivity contribution >= 4 is 37.4 Å². The first-order valence-corrected chi connectivity index (χ1v) is 12.4. The first-order valence-electron chi connectivity index (χ1n) is 9.92. The van der Waals surface area contributed by atoms with Crippen LogP contribution in [-0.2, 0) is 10.0 Å². The Hall–Kier alpha value is -2.03. The number of hydrogen-bond donors (Lipinski definition) is 0. The van der Waals surface area contributed by atoms with E-state index in [1.807, 2.05) is 25.1 Å². The molecule has 1 aromatic carbocycles. The summed E-state index contributed by atoms with van der Waals surface area (Å²) in [5.74, 6) is 1.87. The van der Waals surface area contributed by atoms with Gasteiger partial charge in [-0.15, -0.1) is 11.3 Å². The van der Waals surface area contributed by atoms with E-state index in [4.69, 9.17) is 4.98 Å². The number of piperidine rings is 1. The number of benzene rings is 1. The van der Waals surface area contributed by atoms with Crippen LogP contribution in [0.3, 0.4) is 0 Å². The van der Waals surface area contributed by atoms with Crippen LogP contribution in [0.15, 0.2) is 35.7 Å². The highest BCUT2D eigenvalue weighted by atomic mass is 32.2. The van der Waals surface area contributed by atoms with Crippen LogP contribution in [0.5, 0.6) is 0 Å². The van der Waals surface area contributed by atoms with Gasteiger partial charge in [-0.1, -0.05) is 30.3 Å². The Morgan fingerprint density at radius 2 is 1.86 bits per heavy atom. The summed E-state index contributed by atoms with van der Waals surface area (Å²) in [6.45, 7) is 5.19. The van der Waals surface area contributed by atoms with E-state index in [2.05, 4.69) is 27.4 Å². The van der Waals surface area contributed by atoms with Crippen molar-refractivity contribution in [3.63, 3.8) is 0 Å². The zero-order valence-corrected chi connectivity index (χ0v) is 18.6. The van der Waals surface area contributed by atoms with Crippen LogP contribution in [0.4, 0.5) is 5.82 Å². The van der Waals surface area contributed by atoms with Crippen LogP contribution >= 0.6 is 11.3 Å². The van der Waals surface area contributed by atoms with Crippen LogP contribution in [0.2, 0.25) is 0 Å². The molecule has 0 saturated carbocycles. The molecule has 0 spiro atoms. The third kappa shape index (κ3) is 3.89. The molecule has 4 rings (SSSR count). The lowest BCUT2D eigenvalue weighted by atomic mass is 10.0. The van der Waals surface area contributed by atoms with Gasteiger partial charge in [-0.3, -0.25) is 0 Å². The van der Waals surface area contributed by atoms with Crippen LogP contribution in [0.1, 0.15) is 25.6 Å². The maximum Gasteiger partial charge on any atom is 0.213 e. The minimum absolute atomic E-state index is 0.0469. The highest BCUT2D eigenvalue weighted by molar-refractivity contribution is 7.89. The van der Waals surface area contributed by atoms with E-state index in [0.717, 1.165) is 58.9 Å². The predicted octanol–water partition coefficient (Wildman–Crippen LogP) is 3.92. The monoisotopic (exact) mass is 430 g/mol. The van der Waals surface area contributed by atoms with E-state index < -0.39 is 10.0 Å². The molecule has 0 bridgehead atoms. The Labute approximate surface area is 176 Å². The normalized spacial score (nSPS) is 16.1. The topological polar surface area (TPSA) is 66.4 Å². The maximum atomic E-state index is 12.2. The number of fused-ring (bicyclic) bond motifs is 1. The van der Waals surface area contributed by atoms with Gasteiger partial charge in [0.05, 0.1) is 11.1 Å². The fourth-order valence-corrected chi connectivity index (χ4v) is 6.02. The standard InChI is InChI=1S/C21H26N4O2S2/c1-4-29(26,27)24(3)17-10-12-25(13-11-17)20-19-18(16-8-6-5-7-9-16)14-28-21(19)23-15(2)22-20/h5-9,14,17H,4,10-13H2,1-3H3. The Kier molecular flexibility index (Phi) is 5.59. The van der Waals surface area contributed by atoms with Crippen molar-refractivity contribution in [3.8, 4) is 11.1 Å². The number of hydrogen-bond acceptors (Lipinski definition) is 6. The van der Waals surface area contributed by atoms with Crippen LogP contribution in [0, 0.1) is 6.92 Å². The molecule has 1 aliphatic rings. The SMILES string of the molecule is CCS(=O)(=O)N(C)C1CCN(c2nc(C)nc3scc(-c4ccccc4)c23)CC1. The average molecular weight is 431 g/mol. The molecular formula is C21H26N4O2S2. The summed E-state index contributed by atoms with van der Waals surface area (Å²) in [5.41, 5.74) is 2.32. The summed E-state index contributed by atoms with van der Waals surface area (Å²) in [7, 11) is -1.46. The van der Waals surface area contributed by atoms with Gasteiger partial charge in [0, 0.05) is 37.1 Å². The molecule has 1 aliphatic heterocycles. The summed E-state index contributed by atoms with van der Waals surface area (Å²) in [5, 5.41) is 3.26. The fourth-order valence-electron chi connectivity index (χ4n) is 3.96. The summed E-state index contributed by atoms with van der Waals surface area (Å²) < 4.78 is 26.0. The molecule has 0 unspecified atom stereocenters. The van der Waals surface area contributed by atoms with E-state index in [1.54, 1.807) is 29.6 Å². The van der Waals surface area contributed by atoms with Gasteiger partial charge in [-0.05, 0) is 32.3 Å². The van der Waals surface area contributed by atoms with Crippen molar-refractivity contribution < 1.29 is 8.42 Å². The largest absolute Gasteiger partial charge is 0.356 e. The molecule has 3 heterocycles. The van der Waals surface area contributed by atoms with Crippen molar-refractivity contribution in [1.82, 2.24) is 14.3 Å². The van der Waals surface area contributed by atoms with E-state index in [9.17, 15) is 8.42 Å². The summed E-state index contributed by atoms with van der Waals surface area (Å²) in [4.78, 5) is 12.8. The molecule has 154 valence electrons. The minimum atomic E-state index is -3.16. The number of rotatable bonds is 5. The molecule has 0 amide bonds. The molecule has 2 aromatic heterocycles. The molecule has 0 N–H and O–H groups in total. The second-order valence-corrected chi connectivity index (χ2v) is 10.6. The van der Waals surface area contributed by atoms with Crippen molar-refractivity contribution in [1.29, 1.82) is 0 Å². The number of nitrogens with zero attached hydrogens (tertiary/aromatic N) is 4. The van der Waals surface area contributed by atoms with Gasteiger partial charge in [0.1, 0.15) is 16.5 Å².